The van der Waals surface area contributed by atoms with E-state index in [9.17, 15) is 0 Å². The van der Waals surface area contributed by atoms with E-state index in [1.807, 2.05) is 19.9 Å². The maximum atomic E-state index is 4.60. The highest BCUT2D eigenvalue weighted by molar-refractivity contribution is 5.66. The van der Waals surface area contributed by atoms with Gasteiger partial charge in [-0.2, -0.15) is 14.7 Å². The molecule has 0 unspecified atom stereocenters. The smallest absolute Gasteiger partial charge is 0.200 e. The van der Waals surface area contributed by atoms with Gasteiger partial charge in [0.25, 0.3) is 0 Å². The lowest BCUT2D eigenvalue weighted by atomic mass is 10.1. The van der Waals surface area contributed by atoms with Gasteiger partial charge in [-0.1, -0.05) is 0 Å². The molecule has 1 N–H and O–H groups in total. The fraction of sp³-hybridized carbons (Fsp3) is 0.500. The van der Waals surface area contributed by atoms with Crippen LogP contribution in [0.5, 0.6) is 0 Å². The third kappa shape index (κ3) is 2.67. The number of fused-ring (bicyclic) bond motifs is 1. The molecule has 0 aliphatic heterocycles. The Hall–Kier alpha value is -2.44. The van der Waals surface area contributed by atoms with E-state index < -0.39 is 0 Å². The highest BCUT2D eigenvalue weighted by Crippen LogP contribution is 2.47. The van der Waals surface area contributed by atoms with Crippen LogP contribution < -0.4 is 5.32 Å². The Bertz CT molecular complexity index is 857. The first-order valence-corrected chi connectivity index (χ1v) is 7.97. The monoisotopic (exact) mass is 311 g/mol. The molecule has 7 heteroatoms. The van der Waals surface area contributed by atoms with Crippen molar-refractivity contribution < 1.29 is 0 Å². The zero-order valence-electron chi connectivity index (χ0n) is 13.7. The van der Waals surface area contributed by atoms with Crippen LogP contribution in [0.15, 0.2) is 18.5 Å². The van der Waals surface area contributed by atoms with Crippen molar-refractivity contribution in [2.75, 3.05) is 11.9 Å². The molecule has 0 aromatic carbocycles. The van der Waals surface area contributed by atoms with Crippen LogP contribution >= 0.6 is 0 Å². The van der Waals surface area contributed by atoms with Crippen LogP contribution in [0.25, 0.3) is 5.65 Å². The number of hydrogen-bond donors (Lipinski definition) is 1. The molecule has 3 aromatic rings. The summed E-state index contributed by atoms with van der Waals surface area (Å²) in [5.74, 6) is 0. The normalized spacial score (nSPS) is 16.0. The van der Waals surface area contributed by atoms with Crippen LogP contribution in [0.1, 0.15) is 29.9 Å². The molecule has 4 rings (SSSR count). The molecule has 0 amide bonds. The molecule has 0 bridgehead atoms. The van der Waals surface area contributed by atoms with Crippen molar-refractivity contribution in [3.05, 3.63) is 35.5 Å². The van der Waals surface area contributed by atoms with Gasteiger partial charge in [-0.15, -0.1) is 10.2 Å². The van der Waals surface area contributed by atoms with E-state index in [0.717, 1.165) is 35.8 Å². The van der Waals surface area contributed by atoms with E-state index in [1.54, 1.807) is 10.8 Å². The summed E-state index contributed by atoms with van der Waals surface area (Å²) in [6.07, 6.45) is 4.09. The quantitative estimate of drug-likeness (QED) is 0.781. The Morgan fingerprint density at radius 3 is 2.61 bits per heavy atom. The summed E-state index contributed by atoms with van der Waals surface area (Å²) in [5, 5.41) is 20.6. The molecule has 0 spiro atoms. The molecule has 23 heavy (non-hydrogen) atoms. The standard InChI is InChI=1S/C16H21N7/c1-11-6-13(3)22(20-11)9-16(4-5-16)8-17-14-7-12(2)21-23-10-18-19-15(14)23/h6-7,10,17H,4-5,8-9H2,1-3H3. The molecule has 0 saturated heterocycles. The van der Waals surface area contributed by atoms with Gasteiger partial charge in [-0.3, -0.25) is 4.68 Å². The topological polar surface area (TPSA) is 72.9 Å². The van der Waals surface area contributed by atoms with Crippen molar-refractivity contribution in [1.82, 2.24) is 29.6 Å². The van der Waals surface area contributed by atoms with Crippen molar-refractivity contribution in [3.8, 4) is 0 Å². The van der Waals surface area contributed by atoms with Gasteiger partial charge in [-0.25, -0.2) is 0 Å². The van der Waals surface area contributed by atoms with Crippen molar-refractivity contribution in [2.45, 2.75) is 40.2 Å². The van der Waals surface area contributed by atoms with Crippen LogP contribution in [-0.2, 0) is 6.54 Å². The lowest BCUT2D eigenvalue weighted by Crippen LogP contribution is -2.23. The molecule has 3 aromatic heterocycles. The largest absolute Gasteiger partial charge is 0.381 e. The minimum absolute atomic E-state index is 0.289. The fourth-order valence-electron chi connectivity index (χ4n) is 3.09. The second-order valence-electron chi connectivity index (χ2n) is 6.74. The second kappa shape index (κ2) is 5.04. The molecule has 120 valence electrons. The van der Waals surface area contributed by atoms with Gasteiger partial charge in [0.05, 0.1) is 17.1 Å². The second-order valence-corrected chi connectivity index (χ2v) is 6.74. The van der Waals surface area contributed by atoms with E-state index in [1.165, 1.54) is 18.5 Å². The van der Waals surface area contributed by atoms with Crippen molar-refractivity contribution >= 4 is 11.3 Å². The Balaban J connectivity index is 1.51. The molecule has 1 aliphatic carbocycles. The van der Waals surface area contributed by atoms with E-state index in [-0.39, 0.29) is 5.41 Å². The number of aryl methyl sites for hydroxylation is 3. The van der Waals surface area contributed by atoms with Crippen LogP contribution in [0.3, 0.4) is 0 Å². The molecule has 0 atom stereocenters. The summed E-state index contributed by atoms with van der Waals surface area (Å²) in [6, 6.07) is 4.17. The van der Waals surface area contributed by atoms with Gasteiger partial charge >= 0.3 is 0 Å². The molecule has 1 aliphatic rings. The van der Waals surface area contributed by atoms with Crippen LogP contribution in [0.4, 0.5) is 5.69 Å². The number of nitrogens with zero attached hydrogens (tertiary/aromatic N) is 6. The molecular formula is C16H21N7. The fourth-order valence-corrected chi connectivity index (χ4v) is 3.09. The zero-order chi connectivity index (χ0) is 16.0. The van der Waals surface area contributed by atoms with E-state index in [2.05, 4.69) is 43.4 Å². The van der Waals surface area contributed by atoms with Crippen molar-refractivity contribution in [1.29, 1.82) is 0 Å². The molecule has 1 saturated carbocycles. The third-order valence-corrected chi connectivity index (χ3v) is 4.59. The maximum Gasteiger partial charge on any atom is 0.200 e. The maximum absolute atomic E-state index is 4.60. The van der Waals surface area contributed by atoms with Crippen molar-refractivity contribution in [3.63, 3.8) is 0 Å². The van der Waals surface area contributed by atoms with Crippen molar-refractivity contribution in [2.24, 2.45) is 5.41 Å². The highest BCUT2D eigenvalue weighted by atomic mass is 15.3. The predicted octanol–water partition coefficient (Wildman–Crippen LogP) is 2.14. The average molecular weight is 311 g/mol. The minimum Gasteiger partial charge on any atom is -0.381 e. The number of aromatic nitrogens is 6. The van der Waals surface area contributed by atoms with E-state index in [4.69, 9.17) is 0 Å². The number of hydrogen-bond acceptors (Lipinski definition) is 5. The lowest BCUT2D eigenvalue weighted by molar-refractivity contribution is 0.409. The highest BCUT2D eigenvalue weighted by Gasteiger charge is 2.43. The summed E-state index contributed by atoms with van der Waals surface area (Å²) in [5.41, 5.74) is 5.32. The summed E-state index contributed by atoms with van der Waals surface area (Å²) < 4.78 is 3.85. The minimum atomic E-state index is 0.289. The van der Waals surface area contributed by atoms with Gasteiger partial charge < -0.3 is 5.32 Å². The molecule has 3 heterocycles. The van der Waals surface area contributed by atoms with Gasteiger partial charge in [0.15, 0.2) is 0 Å². The number of anilines is 1. The molecular weight excluding hydrogens is 290 g/mol. The lowest BCUT2D eigenvalue weighted by Gasteiger charge is -2.18. The average Bonchev–Trinajstić information content (AvgIpc) is 2.96. The summed E-state index contributed by atoms with van der Waals surface area (Å²) in [6.45, 7) is 8.02. The Morgan fingerprint density at radius 1 is 1.13 bits per heavy atom. The van der Waals surface area contributed by atoms with Crippen LogP contribution in [-0.4, -0.2) is 36.1 Å². The SMILES string of the molecule is Cc1cc(C)n(CC2(CNc3cc(C)nn4cnnc34)CC2)n1. The number of rotatable bonds is 5. The Kier molecular flexibility index (Phi) is 3.11. The summed E-state index contributed by atoms with van der Waals surface area (Å²) in [7, 11) is 0. The number of nitrogens with one attached hydrogen (secondary N) is 1. The van der Waals surface area contributed by atoms with Crippen LogP contribution in [0.2, 0.25) is 0 Å². The molecule has 1 fully saturated rings. The van der Waals surface area contributed by atoms with Gasteiger partial charge in [0.1, 0.15) is 6.33 Å². The summed E-state index contributed by atoms with van der Waals surface area (Å²) in [4.78, 5) is 0. The van der Waals surface area contributed by atoms with Gasteiger partial charge in [0, 0.05) is 24.2 Å². The van der Waals surface area contributed by atoms with E-state index >= 15 is 0 Å². The van der Waals surface area contributed by atoms with Gasteiger partial charge in [-0.05, 0) is 45.7 Å². The Labute approximate surface area is 134 Å². The summed E-state index contributed by atoms with van der Waals surface area (Å²) >= 11 is 0. The molecule has 0 radical (unpaired) electrons. The molecule has 7 nitrogen and oxygen atoms in total. The predicted molar refractivity (Wildman–Crippen MR) is 87.4 cm³/mol. The van der Waals surface area contributed by atoms with Crippen LogP contribution in [0, 0.1) is 26.2 Å². The zero-order valence-corrected chi connectivity index (χ0v) is 13.7. The Morgan fingerprint density at radius 2 is 1.91 bits per heavy atom. The van der Waals surface area contributed by atoms with Gasteiger partial charge in [0.2, 0.25) is 5.65 Å². The van der Waals surface area contributed by atoms with E-state index in [0.29, 0.717) is 0 Å². The first-order valence-electron chi connectivity index (χ1n) is 7.97. The third-order valence-electron chi connectivity index (χ3n) is 4.59. The first-order chi connectivity index (χ1) is 11.0. The first kappa shape index (κ1) is 14.2.